The van der Waals surface area contributed by atoms with Gasteiger partial charge in [0, 0.05) is 33.6 Å². The third-order valence-corrected chi connectivity index (χ3v) is 5.96. The molecule has 3 heterocycles. The molecule has 1 aromatic rings. The number of amides is 3. The predicted molar refractivity (Wildman–Crippen MR) is 114 cm³/mol. The number of hydrogen-bond donors (Lipinski definition) is 0. The van der Waals surface area contributed by atoms with Crippen molar-refractivity contribution in [3.63, 3.8) is 0 Å². The first-order valence-corrected chi connectivity index (χ1v) is 10.5. The first kappa shape index (κ1) is 20.7. The summed E-state index contributed by atoms with van der Waals surface area (Å²) in [5, 5.41) is 0. The molecule has 0 radical (unpaired) electrons. The molecule has 2 saturated heterocycles. The average Bonchev–Trinajstić information content (AvgIpc) is 3.07. The number of aliphatic imine (C=N–C) groups is 1. The molecule has 0 N–H and O–H groups in total. The molecular weight excluding hydrogens is 382 g/mol. The van der Waals surface area contributed by atoms with Crippen LogP contribution in [0.2, 0.25) is 0 Å². The molecule has 8 nitrogen and oxygen atoms in total. The van der Waals surface area contributed by atoms with E-state index in [-0.39, 0.29) is 24.1 Å². The van der Waals surface area contributed by atoms with Crippen LogP contribution in [0.15, 0.2) is 35.3 Å². The van der Waals surface area contributed by atoms with E-state index in [0.717, 1.165) is 25.3 Å². The summed E-state index contributed by atoms with van der Waals surface area (Å²) >= 11 is 0. The number of benzene rings is 1. The van der Waals surface area contributed by atoms with Crippen LogP contribution in [0, 0.1) is 0 Å². The van der Waals surface area contributed by atoms with Crippen molar-refractivity contribution in [2.24, 2.45) is 4.99 Å². The van der Waals surface area contributed by atoms with E-state index in [4.69, 9.17) is 9.73 Å². The maximum atomic E-state index is 13.0. The van der Waals surface area contributed by atoms with Crippen LogP contribution in [0.5, 0.6) is 0 Å². The average molecular weight is 413 g/mol. The number of rotatable bonds is 5. The van der Waals surface area contributed by atoms with Crippen molar-refractivity contribution in [1.82, 2.24) is 14.7 Å². The zero-order valence-corrected chi connectivity index (χ0v) is 18.1. The van der Waals surface area contributed by atoms with Gasteiger partial charge in [-0.25, -0.2) is 9.37 Å². The van der Waals surface area contributed by atoms with Crippen LogP contribution < -0.4 is 0 Å². The van der Waals surface area contributed by atoms with Crippen LogP contribution >= 0.6 is 0 Å². The van der Waals surface area contributed by atoms with Crippen molar-refractivity contribution in [2.75, 3.05) is 40.3 Å². The van der Waals surface area contributed by atoms with Crippen LogP contribution in [0.3, 0.4) is 0 Å². The molecule has 2 fully saturated rings. The molecule has 3 atom stereocenters. The Balaban J connectivity index is 1.63. The highest BCUT2D eigenvalue weighted by atomic mass is 16.5. The van der Waals surface area contributed by atoms with Gasteiger partial charge in [0.1, 0.15) is 6.54 Å². The summed E-state index contributed by atoms with van der Waals surface area (Å²) in [5.74, 6) is 1.15. The molecule has 0 aliphatic carbocycles. The largest absolute Gasteiger partial charge is 0.373 e. The molecule has 0 spiro atoms. The van der Waals surface area contributed by atoms with Crippen LogP contribution in [-0.4, -0.2) is 101 Å². The van der Waals surface area contributed by atoms with Crippen molar-refractivity contribution in [3.05, 3.63) is 35.9 Å². The van der Waals surface area contributed by atoms with Crippen LogP contribution in [0.1, 0.15) is 19.4 Å². The lowest BCUT2D eigenvalue weighted by Crippen LogP contribution is -2.61. The van der Waals surface area contributed by atoms with Gasteiger partial charge in [0.2, 0.25) is 0 Å². The van der Waals surface area contributed by atoms with Crippen LogP contribution in [0.4, 0.5) is 4.79 Å². The van der Waals surface area contributed by atoms with Gasteiger partial charge in [-0.1, -0.05) is 30.3 Å². The molecule has 0 saturated carbocycles. The van der Waals surface area contributed by atoms with Gasteiger partial charge < -0.3 is 4.74 Å². The van der Waals surface area contributed by atoms with Crippen LogP contribution in [0.25, 0.3) is 0 Å². The Bertz CT molecular complexity index is 887. The third-order valence-electron chi connectivity index (χ3n) is 5.96. The summed E-state index contributed by atoms with van der Waals surface area (Å²) < 4.78 is 7.93. The zero-order chi connectivity index (χ0) is 21.4. The number of morpholine rings is 1. The Morgan fingerprint density at radius 3 is 2.40 bits per heavy atom. The molecule has 160 valence electrons. The van der Waals surface area contributed by atoms with E-state index < -0.39 is 6.04 Å². The van der Waals surface area contributed by atoms with Gasteiger partial charge in [0.25, 0.3) is 17.8 Å². The second-order valence-electron chi connectivity index (χ2n) is 8.41. The fraction of sp³-hybridized carbons (Fsp3) is 0.545. The molecule has 0 aromatic heterocycles. The lowest BCUT2D eigenvalue weighted by atomic mass is 10.1. The maximum Gasteiger partial charge on any atom is 0.333 e. The quantitative estimate of drug-likeness (QED) is 0.678. The van der Waals surface area contributed by atoms with Gasteiger partial charge in [0.15, 0.2) is 0 Å². The number of carbonyl (C=O) groups excluding carboxylic acids is 2. The number of carbonyl (C=O) groups is 2. The Kier molecular flexibility index (Phi) is 5.71. The Morgan fingerprint density at radius 1 is 1.07 bits per heavy atom. The minimum atomic E-state index is -0.549. The third kappa shape index (κ3) is 3.89. The first-order chi connectivity index (χ1) is 14.3. The maximum absolute atomic E-state index is 13.0. The molecule has 3 unspecified atom stereocenters. The second-order valence-corrected chi connectivity index (χ2v) is 8.41. The molecule has 4 rings (SSSR count). The summed E-state index contributed by atoms with van der Waals surface area (Å²) in [6, 6.07) is 9.34. The fourth-order valence-electron chi connectivity index (χ4n) is 4.54. The van der Waals surface area contributed by atoms with E-state index in [1.54, 1.807) is 7.05 Å². The SMILES string of the molecule is CC1CN(CC2=[N+](CCc3ccccc3)C3C(=O)N(C)C(=O)N(C)C3=N2)CC(C)O1. The number of amidine groups is 2. The van der Waals surface area contributed by atoms with E-state index >= 15 is 0 Å². The molecular formula is C22H30N5O3+. The standard InChI is InChI=1S/C22H30N5O3/c1-15-12-26(13-16(2)30-15)14-18-23-20-19(21(28)25(4)22(29)24(20)3)27(18)11-10-17-8-6-5-7-9-17/h5-9,15-16,19H,10-14H2,1-4H3/q+1. The smallest absolute Gasteiger partial charge is 0.333 e. The van der Waals surface area contributed by atoms with Gasteiger partial charge in [-0.3, -0.25) is 19.5 Å². The summed E-state index contributed by atoms with van der Waals surface area (Å²) in [4.78, 5) is 35.3. The second kappa shape index (κ2) is 8.28. The fourth-order valence-corrected chi connectivity index (χ4v) is 4.54. The Morgan fingerprint density at radius 2 is 1.73 bits per heavy atom. The van der Waals surface area contributed by atoms with E-state index in [0.29, 0.717) is 18.9 Å². The van der Waals surface area contributed by atoms with Crippen molar-refractivity contribution in [3.8, 4) is 0 Å². The zero-order valence-electron chi connectivity index (χ0n) is 18.1. The van der Waals surface area contributed by atoms with Crippen molar-refractivity contribution < 1.29 is 18.9 Å². The molecule has 3 amide bonds. The van der Waals surface area contributed by atoms with E-state index in [2.05, 4.69) is 35.5 Å². The topological polar surface area (TPSA) is 68.5 Å². The number of ether oxygens (including phenoxy) is 1. The van der Waals surface area contributed by atoms with Gasteiger partial charge >= 0.3 is 11.9 Å². The molecule has 3 aliphatic heterocycles. The van der Waals surface area contributed by atoms with Crippen molar-refractivity contribution >= 4 is 23.6 Å². The monoisotopic (exact) mass is 412 g/mol. The molecule has 8 heteroatoms. The molecule has 0 bridgehead atoms. The van der Waals surface area contributed by atoms with E-state index in [1.807, 2.05) is 18.2 Å². The number of nitrogens with zero attached hydrogens (tertiary/aromatic N) is 5. The number of imide groups is 1. The van der Waals surface area contributed by atoms with Gasteiger partial charge in [-0.05, 0) is 24.4 Å². The lowest BCUT2D eigenvalue weighted by molar-refractivity contribution is -0.535. The number of likely N-dealkylation sites (N-methyl/N-ethyl adjacent to an activating group) is 2. The summed E-state index contributed by atoms with van der Waals surface area (Å²) in [5.41, 5.74) is 1.21. The molecule has 30 heavy (non-hydrogen) atoms. The number of fused-ring (bicyclic) bond motifs is 1. The minimum absolute atomic E-state index is 0.153. The minimum Gasteiger partial charge on any atom is -0.373 e. The highest BCUT2D eigenvalue weighted by Gasteiger charge is 2.53. The molecule has 3 aliphatic rings. The van der Waals surface area contributed by atoms with E-state index in [1.165, 1.54) is 22.4 Å². The van der Waals surface area contributed by atoms with Gasteiger partial charge in [-0.15, -0.1) is 0 Å². The van der Waals surface area contributed by atoms with Gasteiger partial charge in [0.05, 0.1) is 18.8 Å². The predicted octanol–water partition coefficient (Wildman–Crippen LogP) is 1.05. The van der Waals surface area contributed by atoms with Gasteiger partial charge in [-0.2, -0.15) is 0 Å². The highest BCUT2D eigenvalue weighted by Crippen LogP contribution is 2.20. The first-order valence-electron chi connectivity index (χ1n) is 10.5. The number of urea groups is 1. The highest BCUT2D eigenvalue weighted by molar-refractivity contribution is 6.23. The summed E-state index contributed by atoms with van der Waals surface area (Å²) in [7, 11) is 3.23. The van der Waals surface area contributed by atoms with Crippen molar-refractivity contribution in [2.45, 2.75) is 38.5 Å². The van der Waals surface area contributed by atoms with Crippen molar-refractivity contribution in [1.29, 1.82) is 0 Å². The normalized spacial score (nSPS) is 27.6. The summed E-state index contributed by atoms with van der Waals surface area (Å²) in [6.45, 7) is 7.08. The Labute approximate surface area is 177 Å². The van der Waals surface area contributed by atoms with Crippen LogP contribution in [-0.2, 0) is 16.0 Å². The summed E-state index contributed by atoms with van der Waals surface area (Å²) in [6.07, 6.45) is 1.11. The Hall–Kier alpha value is -2.58. The number of hydrogen-bond acceptors (Lipinski definition) is 5. The van der Waals surface area contributed by atoms with E-state index in [9.17, 15) is 9.59 Å². The lowest BCUT2D eigenvalue weighted by Gasteiger charge is -2.34. The molecule has 1 aromatic carbocycles.